The molecule has 0 amide bonds. The van der Waals surface area contributed by atoms with Crippen LogP contribution >= 0.6 is 15.6 Å². The molecule has 1 rings (SSSR count). The third kappa shape index (κ3) is 6.38. The maximum Gasteiger partial charge on any atom is 0.536 e. The number of phosphoric ester groups is 1. The Morgan fingerprint density at radius 1 is 1.04 bits per heavy atom. The summed E-state index contributed by atoms with van der Waals surface area (Å²) in [5.74, 6) is 0.453. The second-order valence-corrected chi connectivity index (χ2v) is 8.30. The smallest absolute Gasteiger partial charge is 0.404 e. The van der Waals surface area contributed by atoms with Gasteiger partial charge in [0.15, 0.2) is 0 Å². The van der Waals surface area contributed by atoms with Gasteiger partial charge in [-0.3, -0.25) is 4.89 Å². The van der Waals surface area contributed by atoms with Crippen LogP contribution in [0.2, 0.25) is 0 Å². The van der Waals surface area contributed by atoms with Crippen molar-refractivity contribution >= 4 is 15.6 Å². The van der Waals surface area contributed by atoms with Gasteiger partial charge in [0.1, 0.15) is 5.75 Å². The molecule has 0 fully saturated rings. The van der Waals surface area contributed by atoms with E-state index in [0.717, 1.165) is 18.4 Å². The summed E-state index contributed by atoms with van der Waals surface area (Å²) in [6, 6.07) is 5.21. The van der Waals surface area contributed by atoms with Gasteiger partial charge in [0, 0.05) is 0 Å². The lowest BCUT2D eigenvalue weighted by Gasteiger charge is -2.20. The van der Waals surface area contributed by atoms with Crippen molar-refractivity contribution in [2.45, 2.75) is 52.4 Å². The molecule has 132 valence electrons. The van der Waals surface area contributed by atoms with Crippen molar-refractivity contribution in [1.29, 1.82) is 0 Å². The Bertz CT molecular complexity index is 626. The van der Waals surface area contributed by atoms with Crippen molar-refractivity contribution in [3.05, 3.63) is 29.3 Å². The fraction of sp³-hybridized carbons (Fsp3) is 0.571. The molecule has 0 aliphatic carbocycles. The van der Waals surface area contributed by atoms with Gasteiger partial charge in [-0.25, -0.2) is 9.13 Å². The van der Waals surface area contributed by atoms with E-state index in [2.05, 4.69) is 18.2 Å². The van der Waals surface area contributed by atoms with Crippen molar-refractivity contribution in [3.8, 4) is 5.75 Å². The van der Waals surface area contributed by atoms with Crippen LogP contribution in [0.5, 0.6) is 5.75 Å². The van der Waals surface area contributed by atoms with Crippen LogP contribution in [0.3, 0.4) is 0 Å². The summed E-state index contributed by atoms with van der Waals surface area (Å²) in [5.41, 5.74) is 1.77. The van der Waals surface area contributed by atoms with Crippen LogP contribution < -0.4 is 4.52 Å². The van der Waals surface area contributed by atoms with Crippen LogP contribution in [0, 0.1) is 0 Å². The van der Waals surface area contributed by atoms with Crippen LogP contribution in [0.25, 0.3) is 0 Å². The van der Waals surface area contributed by atoms with E-state index in [1.807, 2.05) is 19.9 Å². The van der Waals surface area contributed by atoms with Crippen LogP contribution in [0.15, 0.2) is 18.2 Å². The molecule has 9 heteroatoms. The molecular weight excluding hydrogens is 342 g/mol. The van der Waals surface area contributed by atoms with Crippen molar-refractivity contribution in [2.24, 2.45) is 0 Å². The topological polar surface area (TPSA) is 113 Å². The van der Waals surface area contributed by atoms with Gasteiger partial charge in [0.05, 0.1) is 0 Å². The van der Waals surface area contributed by atoms with E-state index in [0.29, 0.717) is 11.5 Å². The molecule has 3 atom stereocenters. The predicted octanol–water partition coefficient (Wildman–Crippen LogP) is 4.30. The third-order valence-electron chi connectivity index (χ3n) is 3.78. The van der Waals surface area contributed by atoms with E-state index in [4.69, 9.17) is 14.3 Å². The first-order valence-electron chi connectivity index (χ1n) is 7.42. The standard InChI is InChI=1S/C14H24O7P2/c1-5-10(3)12-7-8-14(13(9-12)11(4)6-2)20-23(18,19)21-22(15,16)17/h7-11H,5-6H2,1-4H3,(H,18,19)(H2,15,16,17). The number of rotatable bonds is 8. The molecule has 0 heterocycles. The first kappa shape index (κ1) is 20.4. The van der Waals surface area contributed by atoms with Gasteiger partial charge < -0.3 is 14.3 Å². The quantitative estimate of drug-likeness (QED) is 0.588. The summed E-state index contributed by atoms with van der Waals surface area (Å²) in [5, 5.41) is 0. The highest BCUT2D eigenvalue weighted by Crippen LogP contribution is 2.58. The second-order valence-electron chi connectivity index (χ2n) is 5.55. The van der Waals surface area contributed by atoms with E-state index in [1.54, 1.807) is 6.07 Å². The third-order valence-corrected chi connectivity index (χ3v) is 5.89. The Labute approximate surface area is 136 Å². The number of phosphoric acid groups is 2. The van der Waals surface area contributed by atoms with E-state index >= 15 is 0 Å². The number of hydrogen-bond donors (Lipinski definition) is 3. The summed E-state index contributed by atoms with van der Waals surface area (Å²) in [6.45, 7) is 8.04. The zero-order valence-corrected chi connectivity index (χ0v) is 15.5. The highest BCUT2D eigenvalue weighted by molar-refractivity contribution is 7.60. The average Bonchev–Trinajstić information content (AvgIpc) is 2.42. The number of hydrogen-bond acceptors (Lipinski definition) is 4. The molecule has 0 aliphatic rings. The molecule has 1 aromatic carbocycles. The first-order chi connectivity index (χ1) is 10.5. The molecule has 0 spiro atoms. The molecule has 23 heavy (non-hydrogen) atoms. The lowest BCUT2D eigenvalue weighted by molar-refractivity contribution is 0.229. The van der Waals surface area contributed by atoms with E-state index < -0.39 is 15.6 Å². The Morgan fingerprint density at radius 3 is 2.09 bits per heavy atom. The Kier molecular flexibility index (Phi) is 7.02. The van der Waals surface area contributed by atoms with Crippen molar-refractivity contribution < 1.29 is 32.6 Å². The Hall–Kier alpha value is -0.680. The summed E-state index contributed by atoms with van der Waals surface area (Å²) in [7, 11) is -10.1. The second kappa shape index (κ2) is 7.93. The predicted molar refractivity (Wildman–Crippen MR) is 87.4 cm³/mol. The maximum atomic E-state index is 11.8. The van der Waals surface area contributed by atoms with Gasteiger partial charge in [0.25, 0.3) is 0 Å². The molecular formula is C14H24O7P2. The summed E-state index contributed by atoms with van der Waals surface area (Å²) in [4.78, 5) is 26.9. The minimum atomic E-state index is -5.14. The van der Waals surface area contributed by atoms with Gasteiger partial charge in [-0.05, 0) is 41.9 Å². The monoisotopic (exact) mass is 366 g/mol. The zero-order chi connectivity index (χ0) is 17.8. The highest BCUT2D eigenvalue weighted by atomic mass is 31.3. The average molecular weight is 366 g/mol. The molecule has 0 saturated heterocycles. The van der Waals surface area contributed by atoms with Gasteiger partial charge in [-0.1, -0.05) is 39.8 Å². The van der Waals surface area contributed by atoms with E-state index in [-0.39, 0.29) is 11.7 Å². The fourth-order valence-electron chi connectivity index (χ4n) is 2.07. The Morgan fingerprint density at radius 2 is 1.61 bits per heavy atom. The van der Waals surface area contributed by atoms with Crippen LogP contribution in [-0.4, -0.2) is 14.7 Å². The van der Waals surface area contributed by atoms with Crippen molar-refractivity contribution in [2.75, 3.05) is 0 Å². The lowest BCUT2D eigenvalue weighted by Crippen LogP contribution is -2.03. The SMILES string of the molecule is CCC(C)c1ccc(OP(=O)(O)OP(=O)(O)O)c(C(C)CC)c1. The molecule has 0 saturated carbocycles. The molecule has 7 nitrogen and oxygen atoms in total. The largest absolute Gasteiger partial charge is 0.536 e. The van der Waals surface area contributed by atoms with E-state index in [1.165, 1.54) is 6.07 Å². The maximum absolute atomic E-state index is 11.8. The van der Waals surface area contributed by atoms with Crippen LogP contribution in [0.1, 0.15) is 63.5 Å². The Balaban J connectivity index is 3.20. The van der Waals surface area contributed by atoms with Gasteiger partial charge >= 0.3 is 15.6 Å². The molecule has 0 bridgehead atoms. The summed E-state index contributed by atoms with van der Waals surface area (Å²) >= 11 is 0. The molecule has 0 aromatic heterocycles. The van der Waals surface area contributed by atoms with Gasteiger partial charge in [-0.15, -0.1) is 0 Å². The molecule has 3 unspecified atom stereocenters. The highest BCUT2D eigenvalue weighted by Gasteiger charge is 2.34. The summed E-state index contributed by atoms with van der Waals surface area (Å²) < 4.78 is 31.3. The van der Waals surface area contributed by atoms with Crippen LogP contribution in [-0.2, 0) is 13.4 Å². The minimum absolute atomic E-state index is 0.0454. The molecule has 1 aromatic rings. The van der Waals surface area contributed by atoms with Gasteiger partial charge in [0.2, 0.25) is 0 Å². The molecule has 0 radical (unpaired) electrons. The molecule has 0 aliphatic heterocycles. The summed E-state index contributed by atoms with van der Waals surface area (Å²) in [6.07, 6.45) is 1.72. The molecule has 3 N–H and O–H groups in total. The van der Waals surface area contributed by atoms with Gasteiger partial charge in [-0.2, -0.15) is 4.31 Å². The first-order valence-corrected chi connectivity index (χ1v) is 10.4. The zero-order valence-electron chi connectivity index (χ0n) is 13.7. The lowest BCUT2D eigenvalue weighted by atomic mass is 9.91. The van der Waals surface area contributed by atoms with Crippen molar-refractivity contribution in [1.82, 2.24) is 0 Å². The normalized spacial score (nSPS) is 17.3. The van der Waals surface area contributed by atoms with E-state index in [9.17, 15) is 14.0 Å². The minimum Gasteiger partial charge on any atom is -0.404 e. The fourth-order valence-corrected chi connectivity index (χ4v) is 3.70. The number of benzene rings is 1. The van der Waals surface area contributed by atoms with Crippen LogP contribution in [0.4, 0.5) is 0 Å². The van der Waals surface area contributed by atoms with Crippen molar-refractivity contribution in [3.63, 3.8) is 0 Å².